The van der Waals surface area contributed by atoms with Crippen molar-refractivity contribution in [2.45, 2.75) is 55.6 Å². The molecule has 0 atom stereocenters. The minimum atomic E-state index is -3.75. The van der Waals surface area contributed by atoms with Gasteiger partial charge in [0.05, 0.1) is 4.90 Å². The molecule has 25 heavy (non-hydrogen) atoms. The Morgan fingerprint density at radius 1 is 1.24 bits per heavy atom. The molecular weight excluding hydrogens is 338 g/mol. The van der Waals surface area contributed by atoms with E-state index >= 15 is 0 Å². The molecule has 1 aliphatic rings. The van der Waals surface area contributed by atoms with Crippen LogP contribution >= 0.6 is 0 Å². The molecule has 0 aromatic heterocycles. The smallest absolute Gasteiger partial charge is 0.244 e. The molecule has 0 aliphatic heterocycles. The summed E-state index contributed by atoms with van der Waals surface area (Å²) in [5.74, 6) is -0.276. The zero-order chi connectivity index (χ0) is 18.7. The first-order chi connectivity index (χ1) is 11.8. The van der Waals surface area contributed by atoms with Crippen LogP contribution in [0.5, 0.6) is 0 Å². The Hall–Kier alpha value is -1.40. The molecule has 6 heteroatoms. The van der Waals surface area contributed by atoms with Crippen LogP contribution in [-0.4, -0.2) is 51.3 Å². The molecule has 0 saturated heterocycles. The first-order valence-corrected chi connectivity index (χ1v) is 10.3. The largest absolute Gasteiger partial charge is 0.385 e. The number of sulfone groups is 1. The predicted molar refractivity (Wildman–Crippen MR) is 98.4 cm³/mol. The molecular formula is C19H29NO4S. The van der Waals surface area contributed by atoms with E-state index in [-0.39, 0.29) is 5.91 Å². The van der Waals surface area contributed by atoms with E-state index in [4.69, 9.17) is 4.74 Å². The minimum Gasteiger partial charge on any atom is -0.385 e. The first kappa shape index (κ1) is 19.9. The molecule has 1 saturated carbocycles. The van der Waals surface area contributed by atoms with Gasteiger partial charge in [0.2, 0.25) is 5.91 Å². The third kappa shape index (κ3) is 3.75. The summed E-state index contributed by atoms with van der Waals surface area (Å²) in [5, 5.41) is 0. The highest BCUT2D eigenvalue weighted by molar-refractivity contribution is 7.93. The fraction of sp³-hybridized carbons (Fsp3) is 0.632. The van der Waals surface area contributed by atoms with Gasteiger partial charge >= 0.3 is 0 Å². The van der Waals surface area contributed by atoms with Crippen molar-refractivity contribution in [3.05, 3.63) is 29.3 Å². The highest BCUT2D eigenvalue weighted by Crippen LogP contribution is 2.42. The Morgan fingerprint density at radius 3 is 2.48 bits per heavy atom. The van der Waals surface area contributed by atoms with Crippen LogP contribution in [-0.2, 0) is 19.4 Å². The lowest BCUT2D eigenvalue weighted by Crippen LogP contribution is -2.51. The third-order valence-electron chi connectivity index (χ3n) is 5.14. The summed E-state index contributed by atoms with van der Waals surface area (Å²) in [6.07, 6.45) is 3.02. The van der Waals surface area contributed by atoms with Gasteiger partial charge in [-0.25, -0.2) is 8.42 Å². The van der Waals surface area contributed by atoms with E-state index in [1.807, 2.05) is 19.1 Å². The van der Waals surface area contributed by atoms with Gasteiger partial charge in [-0.15, -0.1) is 0 Å². The van der Waals surface area contributed by atoms with Crippen LogP contribution in [0.1, 0.15) is 43.2 Å². The molecule has 0 spiro atoms. The van der Waals surface area contributed by atoms with E-state index in [0.717, 1.165) is 18.4 Å². The fourth-order valence-electron chi connectivity index (χ4n) is 3.65. The molecule has 0 bridgehead atoms. The van der Waals surface area contributed by atoms with Crippen LogP contribution in [0.25, 0.3) is 0 Å². The number of carbonyl (C=O) groups excluding carboxylic acids is 1. The molecule has 1 amide bonds. The van der Waals surface area contributed by atoms with E-state index in [9.17, 15) is 13.2 Å². The van der Waals surface area contributed by atoms with Crippen molar-refractivity contribution < 1.29 is 17.9 Å². The van der Waals surface area contributed by atoms with Gasteiger partial charge in [-0.1, -0.05) is 25.0 Å². The third-order valence-corrected chi connectivity index (χ3v) is 7.77. The summed E-state index contributed by atoms with van der Waals surface area (Å²) in [6.45, 7) is 4.71. The van der Waals surface area contributed by atoms with Gasteiger partial charge in [0.1, 0.15) is 0 Å². The monoisotopic (exact) mass is 367 g/mol. The van der Waals surface area contributed by atoms with Crippen molar-refractivity contribution in [2.75, 3.05) is 27.3 Å². The molecule has 1 aliphatic carbocycles. The van der Waals surface area contributed by atoms with Crippen molar-refractivity contribution >= 4 is 15.7 Å². The number of benzene rings is 1. The van der Waals surface area contributed by atoms with Crippen LogP contribution in [0.2, 0.25) is 0 Å². The molecule has 1 aromatic rings. The van der Waals surface area contributed by atoms with E-state index in [1.54, 1.807) is 32.0 Å². The lowest BCUT2D eigenvalue weighted by Gasteiger charge is -2.32. The second-order valence-corrected chi connectivity index (χ2v) is 9.28. The Balaban J connectivity index is 2.41. The number of hydrogen-bond donors (Lipinski definition) is 0. The predicted octanol–water partition coefficient (Wildman–Crippen LogP) is 2.88. The van der Waals surface area contributed by atoms with E-state index in [1.165, 1.54) is 0 Å². The van der Waals surface area contributed by atoms with Crippen LogP contribution in [0.4, 0.5) is 0 Å². The average molecular weight is 368 g/mol. The lowest BCUT2D eigenvalue weighted by molar-refractivity contribution is -0.132. The normalized spacial score (nSPS) is 16.8. The second-order valence-electron chi connectivity index (χ2n) is 7.05. The summed E-state index contributed by atoms with van der Waals surface area (Å²) < 4.78 is 30.8. The zero-order valence-corrected chi connectivity index (χ0v) is 16.5. The SMILES string of the molecule is COCCCN(C)C(=O)C1(S(=O)(=O)c2cc(C)ccc2C)CCCC1. The number of amides is 1. The average Bonchev–Trinajstić information content (AvgIpc) is 3.08. The van der Waals surface area contributed by atoms with Crippen molar-refractivity contribution in [1.82, 2.24) is 4.90 Å². The van der Waals surface area contributed by atoms with Crippen LogP contribution < -0.4 is 0 Å². The van der Waals surface area contributed by atoms with Crippen molar-refractivity contribution in [3.8, 4) is 0 Å². The van der Waals surface area contributed by atoms with Gasteiger partial charge in [0, 0.05) is 27.3 Å². The highest BCUT2D eigenvalue weighted by Gasteiger charge is 2.54. The van der Waals surface area contributed by atoms with Gasteiger partial charge in [-0.3, -0.25) is 4.79 Å². The van der Waals surface area contributed by atoms with Gasteiger partial charge in [0.15, 0.2) is 14.6 Å². The maximum absolute atomic E-state index is 13.5. The number of aryl methyl sites for hydroxylation is 2. The van der Waals surface area contributed by atoms with Gasteiger partial charge in [-0.05, 0) is 50.3 Å². The Bertz CT molecular complexity index is 721. The van der Waals surface area contributed by atoms with Crippen molar-refractivity contribution in [2.24, 2.45) is 0 Å². The second kappa shape index (κ2) is 7.87. The van der Waals surface area contributed by atoms with Crippen molar-refractivity contribution in [3.63, 3.8) is 0 Å². The molecule has 5 nitrogen and oxygen atoms in total. The standard InChI is InChI=1S/C19H29NO4S/c1-15-8-9-16(2)17(14-15)25(22,23)19(10-5-6-11-19)18(21)20(3)12-7-13-24-4/h8-9,14H,5-7,10-13H2,1-4H3. The maximum atomic E-state index is 13.5. The Labute approximate surface area is 151 Å². The van der Waals surface area contributed by atoms with Crippen LogP contribution in [0, 0.1) is 13.8 Å². The molecule has 140 valence electrons. The number of ether oxygens (including phenoxy) is 1. The Kier molecular flexibility index (Phi) is 6.27. The molecule has 1 fully saturated rings. The number of hydrogen-bond acceptors (Lipinski definition) is 4. The summed E-state index contributed by atoms with van der Waals surface area (Å²) in [5.41, 5.74) is 1.59. The number of rotatable bonds is 7. The molecule has 0 unspecified atom stereocenters. The number of nitrogens with zero attached hydrogens (tertiary/aromatic N) is 1. The molecule has 1 aromatic carbocycles. The van der Waals surface area contributed by atoms with Crippen LogP contribution in [0.15, 0.2) is 23.1 Å². The minimum absolute atomic E-state index is 0.276. The van der Waals surface area contributed by atoms with Crippen LogP contribution in [0.3, 0.4) is 0 Å². The Morgan fingerprint density at radius 2 is 1.88 bits per heavy atom. The van der Waals surface area contributed by atoms with Gasteiger partial charge < -0.3 is 9.64 Å². The van der Waals surface area contributed by atoms with Gasteiger partial charge in [0.25, 0.3) is 0 Å². The van der Waals surface area contributed by atoms with E-state index in [0.29, 0.717) is 42.9 Å². The number of methoxy groups -OCH3 is 1. The quantitative estimate of drug-likeness (QED) is 0.695. The summed E-state index contributed by atoms with van der Waals surface area (Å²) in [6, 6.07) is 5.41. The van der Waals surface area contributed by atoms with E-state index in [2.05, 4.69) is 0 Å². The maximum Gasteiger partial charge on any atom is 0.244 e. The molecule has 0 N–H and O–H groups in total. The molecule has 2 rings (SSSR count). The summed E-state index contributed by atoms with van der Waals surface area (Å²) >= 11 is 0. The highest BCUT2D eigenvalue weighted by atomic mass is 32.2. The van der Waals surface area contributed by atoms with E-state index < -0.39 is 14.6 Å². The lowest BCUT2D eigenvalue weighted by atomic mass is 10.1. The summed E-state index contributed by atoms with van der Waals surface area (Å²) in [4.78, 5) is 15.0. The number of carbonyl (C=O) groups is 1. The molecule has 0 heterocycles. The van der Waals surface area contributed by atoms with Gasteiger partial charge in [-0.2, -0.15) is 0 Å². The zero-order valence-electron chi connectivity index (χ0n) is 15.7. The first-order valence-electron chi connectivity index (χ1n) is 8.82. The molecule has 0 radical (unpaired) electrons. The topological polar surface area (TPSA) is 63.7 Å². The summed E-state index contributed by atoms with van der Waals surface area (Å²) in [7, 11) is -0.443. The van der Waals surface area contributed by atoms with Crippen molar-refractivity contribution in [1.29, 1.82) is 0 Å². The fourth-order valence-corrected chi connectivity index (χ4v) is 6.11.